The van der Waals surface area contributed by atoms with Crippen molar-refractivity contribution in [2.45, 2.75) is 45.6 Å². The molecule has 0 aliphatic carbocycles. The van der Waals surface area contributed by atoms with Crippen LogP contribution in [-0.4, -0.2) is 87.7 Å². The zero-order valence-corrected chi connectivity index (χ0v) is 19.3. The Kier molecular flexibility index (Phi) is 15.1. The Labute approximate surface area is 176 Å². The minimum atomic E-state index is 0. The summed E-state index contributed by atoms with van der Waals surface area (Å²) in [4.78, 5) is 20.8. The van der Waals surface area contributed by atoms with E-state index in [0.717, 1.165) is 77.6 Å². The average Bonchev–Trinajstić information content (AvgIpc) is 3.05. The van der Waals surface area contributed by atoms with Crippen LogP contribution < -0.4 is 10.6 Å². The van der Waals surface area contributed by atoms with Gasteiger partial charge in [0.25, 0.3) is 0 Å². The van der Waals surface area contributed by atoms with Crippen LogP contribution in [0.4, 0.5) is 0 Å². The smallest absolute Gasteiger partial charge is 0.239 e. The summed E-state index contributed by atoms with van der Waals surface area (Å²) in [6, 6.07) is 0.0652. The van der Waals surface area contributed by atoms with Gasteiger partial charge in [-0.05, 0) is 46.1 Å². The molecule has 1 rings (SSSR count). The van der Waals surface area contributed by atoms with Gasteiger partial charge in [-0.25, -0.2) is 0 Å². The van der Waals surface area contributed by atoms with Crippen molar-refractivity contribution in [2.24, 2.45) is 4.99 Å². The third-order valence-electron chi connectivity index (χ3n) is 4.27. The number of hydrogen-bond acceptors (Lipinski definition) is 4. The zero-order valence-electron chi connectivity index (χ0n) is 16.9. The maximum absolute atomic E-state index is 12.2. The summed E-state index contributed by atoms with van der Waals surface area (Å²) in [6.45, 7) is 10.0. The molecule has 1 heterocycles. The summed E-state index contributed by atoms with van der Waals surface area (Å²) >= 11 is 0. The lowest BCUT2D eigenvalue weighted by Gasteiger charge is -2.26. The third-order valence-corrected chi connectivity index (χ3v) is 4.27. The molecule has 1 atom stereocenters. The molecule has 0 saturated carbocycles. The van der Waals surface area contributed by atoms with Gasteiger partial charge in [-0.15, -0.1) is 24.0 Å². The second-order valence-corrected chi connectivity index (χ2v) is 6.52. The van der Waals surface area contributed by atoms with Gasteiger partial charge in [0, 0.05) is 53.5 Å². The number of nitrogens with one attached hydrogen (secondary N) is 2. The van der Waals surface area contributed by atoms with Crippen molar-refractivity contribution in [1.29, 1.82) is 0 Å². The average molecular weight is 483 g/mol. The van der Waals surface area contributed by atoms with Crippen LogP contribution in [0.25, 0.3) is 0 Å². The van der Waals surface area contributed by atoms with E-state index < -0.39 is 0 Å². The zero-order chi connectivity index (χ0) is 18.5. The fourth-order valence-corrected chi connectivity index (χ4v) is 3.00. The van der Waals surface area contributed by atoms with E-state index in [4.69, 9.17) is 4.74 Å². The minimum Gasteiger partial charge on any atom is -0.382 e. The Morgan fingerprint density at radius 1 is 1.27 bits per heavy atom. The Hall–Kier alpha value is -0.610. The summed E-state index contributed by atoms with van der Waals surface area (Å²) in [5.41, 5.74) is 0. The minimum absolute atomic E-state index is 0. The molecule has 1 amide bonds. The van der Waals surface area contributed by atoms with Crippen LogP contribution >= 0.6 is 24.0 Å². The highest BCUT2D eigenvalue weighted by molar-refractivity contribution is 14.0. The number of aliphatic imine (C=N–C) groups is 1. The molecule has 1 aliphatic rings. The highest BCUT2D eigenvalue weighted by Gasteiger charge is 2.30. The number of likely N-dealkylation sites (tertiary alicyclic amines) is 1. The topological polar surface area (TPSA) is 69.2 Å². The number of hydrogen-bond donors (Lipinski definition) is 2. The molecule has 0 aromatic heterocycles. The van der Waals surface area contributed by atoms with Crippen LogP contribution in [0.2, 0.25) is 0 Å². The summed E-state index contributed by atoms with van der Waals surface area (Å²) in [7, 11) is 3.68. The standard InChI is InChI=1S/C18H37N5O2.HI/c1-5-19-18(21-12-9-15-25-6-2)20-11-8-14-23-13-7-10-16(23)17(24)22(3)4;/h16H,5-15H2,1-4H3,(H2,19,20,21);1H. The lowest BCUT2D eigenvalue weighted by Crippen LogP contribution is -2.44. The van der Waals surface area contributed by atoms with E-state index in [0.29, 0.717) is 0 Å². The van der Waals surface area contributed by atoms with Crippen molar-refractivity contribution in [3.63, 3.8) is 0 Å². The van der Waals surface area contributed by atoms with Gasteiger partial charge < -0.3 is 20.3 Å². The molecule has 7 nitrogen and oxygen atoms in total. The first-order valence-corrected chi connectivity index (χ1v) is 9.65. The molecule has 2 N–H and O–H groups in total. The fraction of sp³-hybridized carbons (Fsp3) is 0.889. The van der Waals surface area contributed by atoms with Crippen LogP contribution in [0.3, 0.4) is 0 Å². The molecule has 1 aliphatic heterocycles. The van der Waals surface area contributed by atoms with Gasteiger partial charge >= 0.3 is 0 Å². The van der Waals surface area contributed by atoms with Gasteiger partial charge in [0.1, 0.15) is 0 Å². The lowest BCUT2D eigenvalue weighted by atomic mass is 10.2. The molecule has 1 unspecified atom stereocenters. The molecular formula is C18H38IN5O2. The lowest BCUT2D eigenvalue weighted by molar-refractivity contribution is -0.133. The maximum atomic E-state index is 12.2. The second-order valence-electron chi connectivity index (χ2n) is 6.52. The van der Waals surface area contributed by atoms with Gasteiger partial charge in [-0.1, -0.05) is 0 Å². The Bertz CT molecular complexity index is 407. The molecule has 26 heavy (non-hydrogen) atoms. The first-order chi connectivity index (χ1) is 12.1. The first kappa shape index (κ1) is 25.4. The van der Waals surface area contributed by atoms with Gasteiger partial charge in [0.05, 0.1) is 6.04 Å². The molecule has 0 aromatic rings. The van der Waals surface area contributed by atoms with E-state index in [2.05, 4.69) is 27.4 Å². The molecule has 8 heteroatoms. The largest absolute Gasteiger partial charge is 0.382 e. The van der Waals surface area contributed by atoms with Crippen molar-refractivity contribution in [3.05, 3.63) is 0 Å². The highest BCUT2D eigenvalue weighted by Crippen LogP contribution is 2.18. The van der Waals surface area contributed by atoms with E-state index in [9.17, 15) is 4.79 Å². The van der Waals surface area contributed by atoms with Crippen LogP contribution in [0.5, 0.6) is 0 Å². The number of rotatable bonds is 11. The Morgan fingerprint density at radius 2 is 2.04 bits per heavy atom. The van der Waals surface area contributed by atoms with E-state index in [1.165, 1.54) is 0 Å². The molecule has 154 valence electrons. The van der Waals surface area contributed by atoms with Crippen molar-refractivity contribution in [3.8, 4) is 0 Å². The van der Waals surface area contributed by atoms with Crippen molar-refractivity contribution in [1.82, 2.24) is 20.4 Å². The first-order valence-electron chi connectivity index (χ1n) is 9.65. The van der Waals surface area contributed by atoms with Gasteiger partial charge in [0.15, 0.2) is 5.96 Å². The van der Waals surface area contributed by atoms with E-state index in [1.54, 1.807) is 4.90 Å². The molecule has 0 spiro atoms. The SMILES string of the molecule is CCNC(=NCCCOCC)NCCCN1CCCC1C(=O)N(C)C.I. The maximum Gasteiger partial charge on any atom is 0.239 e. The normalized spacial score (nSPS) is 17.7. The number of amides is 1. The van der Waals surface area contributed by atoms with Crippen molar-refractivity contribution in [2.75, 3.05) is 60.0 Å². The number of carbonyl (C=O) groups excluding carboxylic acids is 1. The molecule has 1 saturated heterocycles. The third kappa shape index (κ3) is 9.91. The van der Waals surface area contributed by atoms with Crippen LogP contribution in [-0.2, 0) is 9.53 Å². The number of ether oxygens (including phenoxy) is 1. The molecule has 0 bridgehead atoms. The van der Waals surface area contributed by atoms with Crippen LogP contribution in [0, 0.1) is 0 Å². The van der Waals surface area contributed by atoms with Crippen molar-refractivity contribution >= 4 is 35.8 Å². The predicted octanol–water partition coefficient (Wildman–Crippen LogP) is 1.53. The summed E-state index contributed by atoms with van der Waals surface area (Å²) in [6.07, 6.45) is 4.03. The molecule has 0 radical (unpaired) electrons. The van der Waals surface area contributed by atoms with Crippen LogP contribution in [0.15, 0.2) is 4.99 Å². The van der Waals surface area contributed by atoms with Gasteiger partial charge in [-0.3, -0.25) is 14.7 Å². The number of halogens is 1. The van der Waals surface area contributed by atoms with E-state index in [-0.39, 0.29) is 35.9 Å². The monoisotopic (exact) mass is 483 g/mol. The van der Waals surface area contributed by atoms with Gasteiger partial charge in [0.2, 0.25) is 5.91 Å². The van der Waals surface area contributed by atoms with Crippen LogP contribution in [0.1, 0.15) is 39.5 Å². The second kappa shape index (κ2) is 15.4. The van der Waals surface area contributed by atoms with Gasteiger partial charge in [-0.2, -0.15) is 0 Å². The predicted molar refractivity (Wildman–Crippen MR) is 118 cm³/mol. The fourth-order valence-electron chi connectivity index (χ4n) is 3.00. The van der Waals surface area contributed by atoms with E-state index in [1.807, 2.05) is 21.0 Å². The Balaban J connectivity index is 0.00000625. The molecule has 1 fully saturated rings. The quantitative estimate of drug-likeness (QED) is 0.202. The summed E-state index contributed by atoms with van der Waals surface area (Å²) in [5, 5.41) is 6.65. The summed E-state index contributed by atoms with van der Waals surface area (Å²) < 4.78 is 5.33. The molecule has 0 aromatic carbocycles. The van der Waals surface area contributed by atoms with E-state index >= 15 is 0 Å². The number of guanidine groups is 1. The number of likely N-dealkylation sites (N-methyl/N-ethyl adjacent to an activating group) is 1. The number of nitrogens with zero attached hydrogens (tertiary/aromatic N) is 3. The molecular weight excluding hydrogens is 445 g/mol. The Morgan fingerprint density at radius 3 is 2.69 bits per heavy atom. The number of carbonyl (C=O) groups is 1. The highest BCUT2D eigenvalue weighted by atomic mass is 127. The van der Waals surface area contributed by atoms with Crippen molar-refractivity contribution < 1.29 is 9.53 Å². The summed E-state index contributed by atoms with van der Waals surface area (Å²) in [5.74, 6) is 1.09.